The summed E-state index contributed by atoms with van der Waals surface area (Å²) in [5, 5.41) is 7.09. The van der Waals surface area contributed by atoms with E-state index in [4.69, 9.17) is 23.2 Å². The predicted molar refractivity (Wildman–Crippen MR) is 74.5 cm³/mol. The van der Waals surface area contributed by atoms with Crippen LogP contribution in [-0.2, 0) is 0 Å². The number of carbonyl (C=O) groups excluding carboxylic acids is 1. The van der Waals surface area contributed by atoms with Crippen LogP contribution in [0.1, 0.15) is 6.92 Å². The van der Waals surface area contributed by atoms with Crippen LogP contribution in [0, 0.1) is 0 Å². The molecule has 1 aromatic rings. The highest BCUT2D eigenvalue weighted by atomic mass is 35.5. The van der Waals surface area contributed by atoms with Gasteiger partial charge in [0.2, 0.25) is 0 Å². The minimum absolute atomic E-state index is 0.146. The maximum absolute atomic E-state index is 12.1. The van der Waals surface area contributed by atoms with E-state index in [0.29, 0.717) is 34.9 Å². The van der Waals surface area contributed by atoms with Crippen LogP contribution < -0.4 is 10.6 Å². The Morgan fingerprint density at radius 3 is 3.00 bits per heavy atom. The summed E-state index contributed by atoms with van der Waals surface area (Å²) in [6.07, 6.45) is 0. The molecule has 1 aliphatic rings. The molecule has 0 radical (unpaired) electrons. The largest absolute Gasteiger partial charge is 0.322 e. The lowest BCUT2D eigenvalue weighted by Crippen LogP contribution is -2.52. The van der Waals surface area contributed by atoms with Crippen LogP contribution in [0.2, 0.25) is 10.0 Å². The van der Waals surface area contributed by atoms with Crippen molar-refractivity contribution in [2.24, 2.45) is 0 Å². The van der Waals surface area contributed by atoms with Gasteiger partial charge in [-0.3, -0.25) is 0 Å². The van der Waals surface area contributed by atoms with Gasteiger partial charge in [-0.15, -0.1) is 0 Å². The second kappa shape index (κ2) is 5.78. The van der Waals surface area contributed by atoms with E-state index in [0.717, 1.165) is 6.54 Å². The van der Waals surface area contributed by atoms with Gasteiger partial charge in [-0.1, -0.05) is 23.2 Å². The van der Waals surface area contributed by atoms with Crippen LogP contribution in [-0.4, -0.2) is 36.6 Å². The van der Waals surface area contributed by atoms with Crippen molar-refractivity contribution in [2.75, 3.05) is 25.0 Å². The number of benzene rings is 1. The lowest BCUT2D eigenvalue weighted by atomic mass is 10.2. The molecule has 0 aromatic heterocycles. The third-order valence-electron chi connectivity index (χ3n) is 2.83. The molecule has 6 heteroatoms. The molecule has 2 amide bonds. The van der Waals surface area contributed by atoms with Gasteiger partial charge in [-0.05, 0) is 25.1 Å². The summed E-state index contributed by atoms with van der Waals surface area (Å²) in [5.41, 5.74) is 0.542. The minimum atomic E-state index is -0.146. The van der Waals surface area contributed by atoms with E-state index in [1.807, 2.05) is 6.92 Å². The maximum atomic E-state index is 12.1. The van der Waals surface area contributed by atoms with Gasteiger partial charge in [0.1, 0.15) is 0 Å². The van der Waals surface area contributed by atoms with Gasteiger partial charge in [0.15, 0.2) is 0 Å². The van der Waals surface area contributed by atoms with Gasteiger partial charge in [0, 0.05) is 30.7 Å². The fraction of sp³-hybridized carbons (Fsp3) is 0.417. The number of piperazine rings is 1. The van der Waals surface area contributed by atoms with Gasteiger partial charge in [-0.2, -0.15) is 0 Å². The number of nitrogens with zero attached hydrogens (tertiary/aromatic N) is 1. The van der Waals surface area contributed by atoms with Crippen molar-refractivity contribution in [3.05, 3.63) is 28.2 Å². The van der Waals surface area contributed by atoms with Crippen molar-refractivity contribution in [1.82, 2.24) is 10.2 Å². The molecule has 0 spiro atoms. The zero-order valence-corrected chi connectivity index (χ0v) is 11.6. The Kier molecular flexibility index (Phi) is 4.32. The molecule has 1 aromatic carbocycles. The molecule has 0 unspecified atom stereocenters. The van der Waals surface area contributed by atoms with E-state index in [1.165, 1.54) is 0 Å². The van der Waals surface area contributed by atoms with Crippen LogP contribution in [0.3, 0.4) is 0 Å². The van der Waals surface area contributed by atoms with Gasteiger partial charge < -0.3 is 15.5 Å². The molecule has 0 bridgehead atoms. The first-order chi connectivity index (χ1) is 8.56. The molecule has 4 nitrogen and oxygen atoms in total. The molecule has 2 N–H and O–H groups in total. The molecule has 0 saturated carbocycles. The number of amides is 2. The van der Waals surface area contributed by atoms with E-state index in [-0.39, 0.29) is 6.03 Å². The first kappa shape index (κ1) is 13.5. The van der Waals surface area contributed by atoms with Crippen molar-refractivity contribution in [3.63, 3.8) is 0 Å². The first-order valence-electron chi connectivity index (χ1n) is 5.80. The quantitative estimate of drug-likeness (QED) is 0.834. The number of carbonyl (C=O) groups is 1. The highest BCUT2D eigenvalue weighted by Gasteiger charge is 2.20. The van der Waals surface area contributed by atoms with Crippen LogP contribution in [0.5, 0.6) is 0 Å². The van der Waals surface area contributed by atoms with Crippen LogP contribution >= 0.6 is 23.2 Å². The molecule has 1 fully saturated rings. The van der Waals surface area contributed by atoms with Crippen LogP contribution in [0.25, 0.3) is 0 Å². The molecule has 18 heavy (non-hydrogen) atoms. The lowest BCUT2D eigenvalue weighted by Gasteiger charge is -2.31. The monoisotopic (exact) mass is 287 g/mol. The molecule has 2 rings (SSSR count). The summed E-state index contributed by atoms with van der Waals surface area (Å²) in [6, 6.07) is 5.16. The highest BCUT2D eigenvalue weighted by molar-refractivity contribution is 6.35. The summed E-state index contributed by atoms with van der Waals surface area (Å²) in [6.45, 7) is 4.22. The van der Waals surface area contributed by atoms with E-state index >= 15 is 0 Å². The molecule has 1 aliphatic heterocycles. The molecule has 1 heterocycles. The molecule has 0 aliphatic carbocycles. The summed E-state index contributed by atoms with van der Waals surface area (Å²) in [7, 11) is 0. The number of nitrogens with one attached hydrogen (secondary N) is 2. The van der Waals surface area contributed by atoms with Gasteiger partial charge >= 0.3 is 6.03 Å². The lowest BCUT2D eigenvalue weighted by molar-refractivity contribution is 0.192. The van der Waals surface area contributed by atoms with Crippen molar-refractivity contribution in [2.45, 2.75) is 13.0 Å². The highest BCUT2D eigenvalue weighted by Crippen LogP contribution is 2.25. The van der Waals surface area contributed by atoms with Crippen LogP contribution in [0.4, 0.5) is 10.5 Å². The Morgan fingerprint density at radius 2 is 2.28 bits per heavy atom. The molecule has 1 atom stereocenters. The van der Waals surface area contributed by atoms with E-state index in [2.05, 4.69) is 10.6 Å². The van der Waals surface area contributed by atoms with Gasteiger partial charge in [0.05, 0.1) is 10.7 Å². The summed E-state index contributed by atoms with van der Waals surface area (Å²) in [4.78, 5) is 13.8. The Hall–Kier alpha value is -0.970. The molecular weight excluding hydrogens is 273 g/mol. The zero-order valence-electron chi connectivity index (χ0n) is 10.0. The second-order valence-electron chi connectivity index (χ2n) is 4.36. The zero-order chi connectivity index (χ0) is 13.1. The third kappa shape index (κ3) is 3.28. The Bertz CT molecular complexity index is 453. The van der Waals surface area contributed by atoms with E-state index in [9.17, 15) is 4.79 Å². The number of rotatable bonds is 1. The molecule has 1 saturated heterocycles. The maximum Gasteiger partial charge on any atom is 0.321 e. The number of anilines is 1. The van der Waals surface area contributed by atoms with Crippen molar-refractivity contribution in [3.8, 4) is 0 Å². The third-order valence-corrected chi connectivity index (χ3v) is 3.39. The standard InChI is InChI=1S/C12H15Cl2N3O/c1-8-7-17(5-4-15-8)12(18)16-11-6-9(13)2-3-10(11)14/h2-3,6,8,15H,4-5,7H2,1H3,(H,16,18)/t8-/m0/s1. The second-order valence-corrected chi connectivity index (χ2v) is 5.20. The topological polar surface area (TPSA) is 44.4 Å². The fourth-order valence-corrected chi connectivity index (χ4v) is 2.24. The fourth-order valence-electron chi connectivity index (χ4n) is 1.90. The first-order valence-corrected chi connectivity index (χ1v) is 6.56. The van der Waals surface area contributed by atoms with Gasteiger partial charge in [0.25, 0.3) is 0 Å². The van der Waals surface area contributed by atoms with Crippen LogP contribution in [0.15, 0.2) is 18.2 Å². The number of halogens is 2. The predicted octanol–water partition coefficient (Wildman–Crippen LogP) is 2.82. The number of hydrogen-bond donors (Lipinski definition) is 2. The SMILES string of the molecule is C[C@H]1CN(C(=O)Nc2cc(Cl)ccc2Cl)CCN1. The Labute approximate surface area is 116 Å². The minimum Gasteiger partial charge on any atom is -0.322 e. The van der Waals surface area contributed by atoms with Gasteiger partial charge in [-0.25, -0.2) is 4.79 Å². The average Bonchev–Trinajstić information content (AvgIpc) is 2.34. The summed E-state index contributed by atoms with van der Waals surface area (Å²) >= 11 is 11.9. The summed E-state index contributed by atoms with van der Waals surface area (Å²) < 4.78 is 0. The van der Waals surface area contributed by atoms with Crippen molar-refractivity contribution in [1.29, 1.82) is 0 Å². The Morgan fingerprint density at radius 1 is 1.50 bits per heavy atom. The smallest absolute Gasteiger partial charge is 0.321 e. The van der Waals surface area contributed by atoms with E-state index < -0.39 is 0 Å². The molecular formula is C12H15Cl2N3O. The average molecular weight is 288 g/mol. The van der Waals surface area contributed by atoms with Crippen molar-refractivity contribution < 1.29 is 4.79 Å². The summed E-state index contributed by atoms with van der Waals surface area (Å²) in [5.74, 6) is 0. The molecule has 98 valence electrons. The number of hydrogen-bond acceptors (Lipinski definition) is 2. The normalized spacial score (nSPS) is 19.7. The Balaban J connectivity index is 2.04. The van der Waals surface area contributed by atoms with Crippen molar-refractivity contribution >= 4 is 34.9 Å². The number of urea groups is 1. The van der Waals surface area contributed by atoms with E-state index in [1.54, 1.807) is 23.1 Å².